The molecule has 5 aromatic carbocycles. The first kappa shape index (κ1) is 37.7. The van der Waals surface area contributed by atoms with Gasteiger partial charge in [0.1, 0.15) is 0 Å². The number of nitrogens with zero attached hydrogens (tertiary/aromatic N) is 5. The molecular formula is C50H53N5. The highest BCUT2D eigenvalue weighted by Gasteiger charge is 2.26. The van der Waals surface area contributed by atoms with Gasteiger partial charge in [-0.2, -0.15) is 5.26 Å². The van der Waals surface area contributed by atoms with Gasteiger partial charge < -0.3 is 4.57 Å². The van der Waals surface area contributed by atoms with E-state index in [0.29, 0.717) is 23.0 Å². The van der Waals surface area contributed by atoms with Crippen molar-refractivity contribution in [3.8, 4) is 45.9 Å². The summed E-state index contributed by atoms with van der Waals surface area (Å²) in [7, 11) is 0. The van der Waals surface area contributed by atoms with Crippen LogP contribution in [0.25, 0.3) is 61.7 Å². The molecular weight excluding hydrogens is 671 g/mol. The van der Waals surface area contributed by atoms with Crippen LogP contribution < -0.4 is 0 Å². The second kappa shape index (κ2) is 13.3. The summed E-state index contributed by atoms with van der Waals surface area (Å²) >= 11 is 0. The zero-order chi connectivity index (χ0) is 39.7. The Hall–Kier alpha value is -5.60. The third kappa shape index (κ3) is 7.31. The smallest absolute Gasteiger partial charge is 0.166 e. The summed E-state index contributed by atoms with van der Waals surface area (Å²) in [6.07, 6.45) is 0. The van der Waals surface area contributed by atoms with E-state index in [0.717, 1.165) is 44.2 Å². The Morgan fingerprint density at radius 1 is 0.455 bits per heavy atom. The second-order valence-corrected chi connectivity index (χ2v) is 19.1. The maximum absolute atomic E-state index is 10.3. The lowest BCUT2D eigenvalue weighted by atomic mass is 9.79. The van der Waals surface area contributed by atoms with Crippen molar-refractivity contribution in [1.82, 2.24) is 19.5 Å². The van der Waals surface area contributed by atoms with Crippen LogP contribution in [0.3, 0.4) is 0 Å². The highest BCUT2D eigenvalue weighted by molar-refractivity contribution is 6.09. The lowest BCUT2D eigenvalue weighted by Gasteiger charge is -2.26. The van der Waals surface area contributed by atoms with E-state index in [1.54, 1.807) is 0 Å². The van der Waals surface area contributed by atoms with Crippen LogP contribution in [-0.2, 0) is 21.7 Å². The van der Waals surface area contributed by atoms with Crippen molar-refractivity contribution < 1.29 is 0 Å². The molecule has 0 aliphatic rings. The van der Waals surface area contributed by atoms with Gasteiger partial charge in [0.15, 0.2) is 17.5 Å². The summed E-state index contributed by atoms with van der Waals surface area (Å²) in [5.41, 5.74) is 10.8. The zero-order valence-corrected chi connectivity index (χ0v) is 34.6. The second-order valence-electron chi connectivity index (χ2n) is 19.1. The van der Waals surface area contributed by atoms with Crippen molar-refractivity contribution in [2.75, 3.05) is 0 Å². The molecule has 7 aromatic rings. The first-order valence-electron chi connectivity index (χ1n) is 19.3. The molecule has 0 aliphatic carbocycles. The van der Waals surface area contributed by atoms with Gasteiger partial charge in [0, 0.05) is 27.5 Å². The van der Waals surface area contributed by atoms with Gasteiger partial charge in [-0.15, -0.1) is 0 Å². The fourth-order valence-corrected chi connectivity index (χ4v) is 7.16. The Bertz CT molecular complexity index is 2430. The lowest BCUT2D eigenvalue weighted by molar-refractivity contribution is 0.568. The van der Waals surface area contributed by atoms with Crippen molar-refractivity contribution in [1.29, 1.82) is 5.26 Å². The molecule has 0 spiro atoms. The van der Waals surface area contributed by atoms with E-state index in [-0.39, 0.29) is 21.7 Å². The summed E-state index contributed by atoms with van der Waals surface area (Å²) in [6, 6.07) is 38.8. The van der Waals surface area contributed by atoms with Crippen molar-refractivity contribution in [2.24, 2.45) is 0 Å². The normalized spacial score (nSPS) is 12.7. The van der Waals surface area contributed by atoms with Crippen LogP contribution in [0, 0.1) is 11.3 Å². The van der Waals surface area contributed by atoms with Crippen molar-refractivity contribution >= 4 is 21.8 Å². The number of para-hydroxylation sites is 2. The van der Waals surface area contributed by atoms with Crippen molar-refractivity contribution in [2.45, 2.75) is 105 Å². The van der Waals surface area contributed by atoms with Gasteiger partial charge in [-0.05, 0) is 98.5 Å². The minimum Gasteiger partial charge on any atom is -0.309 e. The topological polar surface area (TPSA) is 67.4 Å². The number of benzene rings is 5. The van der Waals surface area contributed by atoms with E-state index in [9.17, 15) is 5.26 Å². The minimum absolute atomic E-state index is 0.0951. The quantitative estimate of drug-likeness (QED) is 0.181. The van der Waals surface area contributed by atoms with Crippen LogP contribution in [-0.4, -0.2) is 19.5 Å². The molecule has 2 heterocycles. The van der Waals surface area contributed by atoms with Crippen LogP contribution in [0.1, 0.15) is 111 Å². The van der Waals surface area contributed by atoms with E-state index in [1.807, 2.05) is 18.2 Å². The monoisotopic (exact) mass is 723 g/mol. The Morgan fingerprint density at radius 2 is 0.836 bits per heavy atom. The molecule has 0 aliphatic heterocycles. The van der Waals surface area contributed by atoms with Crippen molar-refractivity contribution in [3.05, 3.63) is 131 Å². The molecule has 7 rings (SSSR count). The highest BCUT2D eigenvalue weighted by atomic mass is 15.1. The molecule has 0 bridgehead atoms. The lowest BCUT2D eigenvalue weighted by Crippen LogP contribution is -2.17. The molecule has 55 heavy (non-hydrogen) atoms. The molecule has 0 fully saturated rings. The van der Waals surface area contributed by atoms with Gasteiger partial charge in [-0.3, -0.25) is 0 Å². The molecule has 0 saturated heterocycles. The summed E-state index contributed by atoms with van der Waals surface area (Å²) in [6.45, 7) is 27.0. The minimum atomic E-state index is -0.0951. The first-order chi connectivity index (χ1) is 25.7. The molecule has 0 amide bonds. The summed E-state index contributed by atoms with van der Waals surface area (Å²) in [5.74, 6) is 1.72. The molecule has 0 saturated carbocycles. The Morgan fingerprint density at radius 3 is 1.22 bits per heavy atom. The Labute approximate surface area is 327 Å². The third-order valence-corrected chi connectivity index (χ3v) is 10.7. The molecule has 0 radical (unpaired) electrons. The van der Waals surface area contributed by atoms with Crippen LogP contribution in [0.2, 0.25) is 0 Å². The fourth-order valence-electron chi connectivity index (χ4n) is 7.16. The molecule has 0 unspecified atom stereocenters. The zero-order valence-electron chi connectivity index (χ0n) is 34.6. The van der Waals surface area contributed by atoms with Gasteiger partial charge in [0.05, 0.1) is 28.4 Å². The summed E-state index contributed by atoms with van der Waals surface area (Å²) in [5, 5.41) is 12.6. The van der Waals surface area contributed by atoms with Crippen LogP contribution in [0.5, 0.6) is 0 Å². The number of aromatic nitrogens is 4. The van der Waals surface area contributed by atoms with E-state index in [4.69, 9.17) is 15.0 Å². The van der Waals surface area contributed by atoms with Gasteiger partial charge >= 0.3 is 0 Å². The predicted octanol–water partition coefficient (Wildman–Crippen LogP) is 13.0. The van der Waals surface area contributed by atoms with Gasteiger partial charge in [-0.25, -0.2) is 15.0 Å². The fraction of sp³-hybridized carbons (Fsp3) is 0.320. The number of nitriles is 1. The van der Waals surface area contributed by atoms with Gasteiger partial charge in [0.25, 0.3) is 0 Å². The number of hydrogen-bond donors (Lipinski definition) is 0. The van der Waals surface area contributed by atoms with Gasteiger partial charge in [0.2, 0.25) is 0 Å². The van der Waals surface area contributed by atoms with E-state index in [2.05, 4.69) is 179 Å². The van der Waals surface area contributed by atoms with Crippen LogP contribution in [0.15, 0.2) is 103 Å². The van der Waals surface area contributed by atoms with E-state index < -0.39 is 0 Å². The average molecular weight is 724 g/mol. The summed E-state index contributed by atoms with van der Waals surface area (Å²) in [4.78, 5) is 16.0. The van der Waals surface area contributed by atoms with E-state index >= 15 is 0 Å². The molecule has 0 N–H and O–H groups in total. The number of hydrogen-bond acceptors (Lipinski definition) is 4. The summed E-state index contributed by atoms with van der Waals surface area (Å²) < 4.78 is 2.28. The SMILES string of the molecule is CC(C)(C)c1cc(-c2nc(-c3cc(C(C)(C)C)cc(C(C)(C)C)c3)nc(-c3cc(C#N)ccc3-n3c4ccccc4c4ccccc43)n2)cc(C(C)(C)C)c1. The molecule has 5 nitrogen and oxygen atoms in total. The molecule has 0 atom stereocenters. The standard InChI is InChI=1S/C50H53N5/c1-47(2,3)34-24-32(25-35(28-34)48(4,5)6)44-52-45(33-26-36(49(7,8)9)29-37(27-33)50(10,11)12)54-46(53-44)40-23-31(30-51)21-22-43(40)55-41-19-15-13-17-38(41)39-18-14-16-20-42(39)55/h13-29H,1-12H3. The van der Waals surface area contributed by atoms with Gasteiger partial charge in [-0.1, -0.05) is 132 Å². The maximum atomic E-state index is 10.3. The van der Waals surface area contributed by atoms with Crippen LogP contribution in [0.4, 0.5) is 0 Å². The molecule has 278 valence electrons. The van der Waals surface area contributed by atoms with Crippen molar-refractivity contribution in [3.63, 3.8) is 0 Å². The molecule has 2 aromatic heterocycles. The molecule has 5 heteroatoms. The average Bonchev–Trinajstić information content (AvgIpc) is 3.47. The van der Waals surface area contributed by atoms with Crippen LogP contribution >= 0.6 is 0 Å². The highest BCUT2D eigenvalue weighted by Crippen LogP contribution is 2.39. The maximum Gasteiger partial charge on any atom is 0.166 e. The number of fused-ring (bicyclic) bond motifs is 3. The predicted molar refractivity (Wildman–Crippen MR) is 230 cm³/mol. The largest absolute Gasteiger partial charge is 0.309 e. The Balaban J connectivity index is 1.60. The third-order valence-electron chi connectivity index (χ3n) is 10.7. The first-order valence-corrected chi connectivity index (χ1v) is 19.3. The Kier molecular flexibility index (Phi) is 9.12. The van der Waals surface area contributed by atoms with E-state index in [1.165, 1.54) is 22.3 Å². The number of rotatable bonds is 4.